The van der Waals surface area contributed by atoms with Crippen LogP contribution in [0.15, 0.2) is 10.9 Å². The largest absolute Gasteiger partial charge is 0.388 e. The standard InChI is InChI=1S/C9H12N2O2S/c12-8(7-4-14-6-11-7)10-5-9(13)2-1-3-9/h4,6,13H,1-3,5H2,(H,10,12). The molecule has 2 N–H and O–H groups in total. The Morgan fingerprint density at radius 1 is 1.71 bits per heavy atom. The molecule has 1 aliphatic rings. The summed E-state index contributed by atoms with van der Waals surface area (Å²) in [6.45, 7) is 0.337. The van der Waals surface area contributed by atoms with E-state index >= 15 is 0 Å². The van der Waals surface area contributed by atoms with E-state index in [1.807, 2.05) is 0 Å². The number of rotatable bonds is 3. The Labute approximate surface area is 86.0 Å². The molecule has 76 valence electrons. The van der Waals surface area contributed by atoms with Crippen molar-refractivity contribution in [2.75, 3.05) is 6.54 Å². The van der Waals surface area contributed by atoms with Gasteiger partial charge < -0.3 is 10.4 Å². The molecule has 1 aliphatic carbocycles. The summed E-state index contributed by atoms with van der Waals surface area (Å²) in [5.41, 5.74) is 1.39. The lowest BCUT2D eigenvalue weighted by Crippen LogP contribution is -2.47. The summed E-state index contributed by atoms with van der Waals surface area (Å²) in [7, 11) is 0. The lowest BCUT2D eigenvalue weighted by molar-refractivity contribution is -0.0300. The lowest BCUT2D eigenvalue weighted by Gasteiger charge is -2.36. The van der Waals surface area contributed by atoms with Gasteiger partial charge in [-0.2, -0.15) is 0 Å². The van der Waals surface area contributed by atoms with Crippen molar-refractivity contribution < 1.29 is 9.90 Å². The minimum absolute atomic E-state index is 0.202. The van der Waals surface area contributed by atoms with E-state index in [1.165, 1.54) is 11.3 Å². The second-order valence-electron chi connectivity index (χ2n) is 3.63. The maximum atomic E-state index is 11.4. The lowest BCUT2D eigenvalue weighted by atomic mass is 9.80. The molecule has 0 radical (unpaired) electrons. The summed E-state index contributed by atoms with van der Waals surface area (Å²) in [6.07, 6.45) is 2.61. The van der Waals surface area contributed by atoms with E-state index in [4.69, 9.17) is 0 Å². The van der Waals surface area contributed by atoms with Gasteiger partial charge in [0.2, 0.25) is 0 Å². The molecule has 5 heteroatoms. The van der Waals surface area contributed by atoms with E-state index in [9.17, 15) is 9.90 Å². The molecule has 1 aromatic heterocycles. The Morgan fingerprint density at radius 2 is 2.50 bits per heavy atom. The summed E-state index contributed by atoms with van der Waals surface area (Å²) in [6, 6.07) is 0. The summed E-state index contributed by atoms with van der Waals surface area (Å²) in [5, 5.41) is 14.1. The predicted octanol–water partition coefficient (Wildman–Crippen LogP) is 0.788. The average Bonchev–Trinajstić information content (AvgIpc) is 2.63. The highest BCUT2D eigenvalue weighted by molar-refractivity contribution is 7.07. The van der Waals surface area contributed by atoms with E-state index < -0.39 is 5.60 Å². The number of hydrogen-bond acceptors (Lipinski definition) is 4. The van der Waals surface area contributed by atoms with Crippen LogP contribution in [0.3, 0.4) is 0 Å². The van der Waals surface area contributed by atoms with Crippen molar-refractivity contribution in [1.82, 2.24) is 10.3 Å². The molecule has 0 unspecified atom stereocenters. The van der Waals surface area contributed by atoms with Crippen molar-refractivity contribution in [2.45, 2.75) is 24.9 Å². The third-order valence-corrected chi connectivity index (χ3v) is 3.11. The van der Waals surface area contributed by atoms with Crippen molar-refractivity contribution in [1.29, 1.82) is 0 Å². The number of nitrogens with one attached hydrogen (secondary N) is 1. The minimum Gasteiger partial charge on any atom is -0.388 e. The van der Waals surface area contributed by atoms with Gasteiger partial charge in [-0.25, -0.2) is 4.98 Å². The van der Waals surface area contributed by atoms with Crippen molar-refractivity contribution >= 4 is 17.2 Å². The Morgan fingerprint density at radius 3 is 3.00 bits per heavy atom. The maximum Gasteiger partial charge on any atom is 0.270 e. The van der Waals surface area contributed by atoms with Crippen LogP contribution in [0, 0.1) is 0 Å². The smallest absolute Gasteiger partial charge is 0.270 e. The first-order chi connectivity index (χ1) is 6.70. The number of aromatic nitrogens is 1. The fourth-order valence-corrected chi connectivity index (χ4v) is 1.95. The number of amides is 1. The van der Waals surface area contributed by atoms with Crippen LogP contribution in [-0.2, 0) is 0 Å². The van der Waals surface area contributed by atoms with Crippen molar-refractivity contribution in [3.63, 3.8) is 0 Å². The van der Waals surface area contributed by atoms with Crippen LogP contribution in [0.2, 0.25) is 0 Å². The van der Waals surface area contributed by atoms with Crippen LogP contribution in [0.1, 0.15) is 29.8 Å². The topological polar surface area (TPSA) is 62.2 Å². The van der Waals surface area contributed by atoms with E-state index in [0.717, 1.165) is 19.3 Å². The highest BCUT2D eigenvalue weighted by Gasteiger charge is 2.34. The van der Waals surface area contributed by atoms with Gasteiger partial charge in [-0.05, 0) is 19.3 Å². The van der Waals surface area contributed by atoms with Gasteiger partial charge in [0.1, 0.15) is 5.69 Å². The van der Waals surface area contributed by atoms with Gasteiger partial charge in [0.05, 0.1) is 11.1 Å². The predicted molar refractivity (Wildman–Crippen MR) is 53.2 cm³/mol. The molecule has 1 saturated carbocycles. The van der Waals surface area contributed by atoms with Gasteiger partial charge in [-0.3, -0.25) is 4.79 Å². The third-order valence-electron chi connectivity index (χ3n) is 2.53. The monoisotopic (exact) mass is 212 g/mol. The molecule has 0 atom stereocenters. The molecule has 1 aromatic rings. The molecule has 0 bridgehead atoms. The summed E-state index contributed by atoms with van der Waals surface area (Å²) < 4.78 is 0. The average molecular weight is 212 g/mol. The molecule has 14 heavy (non-hydrogen) atoms. The van der Waals surface area contributed by atoms with Crippen LogP contribution >= 0.6 is 11.3 Å². The number of carbonyl (C=O) groups excluding carboxylic acids is 1. The van der Waals surface area contributed by atoms with Crippen molar-refractivity contribution in [3.05, 3.63) is 16.6 Å². The third kappa shape index (κ3) is 1.93. The fourth-order valence-electron chi connectivity index (χ4n) is 1.42. The number of hydrogen-bond donors (Lipinski definition) is 2. The quantitative estimate of drug-likeness (QED) is 0.778. The first kappa shape index (κ1) is 9.61. The Hall–Kier alpha value is -0.940. The van der Waals surface area contributed by atoms with Crippen LogP contribution < -0.4 is 5.32 Å². The molecule has 0 aliphatic heterocycles. The van der Waals surface area contributed by atoms with E-state index in [2.05, 4.69) is 10.3 Å². The van der Waals surface area contributed by atoms with E-state index in [-0.39, 0.29) is 5.91 Å². The molecule has 0 saturated heterocycles. The first-order valence-corrected chi connectivity index (χ1v) is 5.53. The Kier molecular flexibility index (Phi) is 2.52. The van der Waals surface area contributed by atoms with Crippen LogP contribution in [0.4, 0.5) is 0 Å². The number of thiazole rings is 1. The molecular formula is C9H12N2O2S. The van der Waals surface area contributed by atoms with Crippen molar-refractivity contribution in [2.24, 2.45) is 0 Å². The Balaban J connectivity index is 1.84. The molecule has 1 amide bonds. The second-order valence-corrected chi connectivity index (χ2v) is 4.35. The molecule has 4 nitrogen and oxygen atoms in total. The summed E-state index contributed by atoms with van der Waals surface area (Å²) in [4.78, 5) is 15.3. The van der Waals surface area contributed by atoms with Gasteiger partial charge in [-0.15, -0.1) is 11.3 Å². The normalized spacial score (nSPS) is 18.6. The number of aliphatic hydroxyl groups is 1. The zero-order valence-electron chi connectivity index (χ0n) is 7.69. The minimum atomic E-state index is -0.661. The zero-order valence-corrected chi connectivity index (χ0v) is 8.51. The van der Waals surface area contributed by atoms with Gasteiger partial charge in [0.25, 0.3) is 5.91 Å². The number of carbonyl (C=O) groups is 1. The zero-order chi connectivity index (χ0) is 10.0. The van der Waals surface area contributed by atoms with Crippen LogP contribution in [0.5, 0.6) is 0 Å². The number of nitrogens with zero attached hydrogens (tertiary/aromatic N) is 1. The van der Waals surface area contributed by atoms with Crippen LogP contribution in [-0.4, -0.2) is 28.1 Å². The fraction of sp³-hybridized carbons (Fsp3) is 0.556. The molecule has 0 spiro atoms. The van der Waals surface area contributed by atoms with Gasteiger partial charge in [0, 0.05) is 11.9 Å². The van der Waals surface area contributed by atoms with E-state index in [1.54, 1.807) is 10.9 Å². The molecule has 1 fully saturated rings. The molecular weight excluding hydrogens is 200 g/mol. The van der Waals surface area contributed by atoms with E-state index in [0.29, 0.717) is 12.2 Å². The van der Waals surface area contributed by atoms with Gasteiger partial charge in [-0.1, -0.05) is 0 Å². The first-order valence-electron chi connectivity index (χ1n) is 4.58. The summed E-state index contributed by atoms with van der Waals surface area (Å²) >= 11 is 1.39. The molecule has 0 aromatic carbocycles. The molecule has 2 rings (SSSR count). The SMILES string of the molecule is O=C(NCC1(O)CCC1)c1cscn1. The van der Waals surface area contributed by atoms with Crippen molar-refractivity contribution in [3.8, 4) is 0 Å². The maximum absolute atomic E-state index is 11.4. The highest BCUT2D eigenvalue weighted by atomic mass is 32.1. The van der Waals surface area contributed by atoms with Crippen LogP contribution in [0.25, 0.3) is 0 Å². The Bertz CT molecular complexity index is 320. The summed E-state index contributed by atoms with van der Waals surface area (Å²) in [5.74, 6) is -0.202. The second kappa shape index (κ2) is 3.67. The highest BCUT2D eigenvalue weighted by Crippen LogP contribution is 2.30. The molecule has 1 heterocycles. The van der Waals surface area contributed by atoms with Gasteiger partial charge >= 0.3 is 0 Å². The van der Waals surface area contributed by atoms with Gasteiger partial charge in [0.15, 0.2) is 0 Å².